The molecule has 3 atom stereocenters. The minimum absolute atomic E-state index is 0.838. The first-order valence-corrected chi connectivity index (χ1v) is 13.4. The van der Waals surface area contributed by atoms with Crippen LogP contribution in [0.25, 0.3) is 0 Å². The van der Waals surface area contributed by atoms with Crippen LogP contribution in [-0.4, -0.2) is 12.6 Å². The maximum atomic E-state index is 3.94. The lowest BCUT2D eigenvalue weighted by molar-refractivity contribution is 0.170. The highest BCUT2D eigenvalue weighted by atomic mass is 14.9. The predicted octanol–water partition coefficient (Wildman–Crippen LogP) is 8.52. The van der Waals surface area contributed by atoms with E-state index in [1.807, 2.05) is 0 Å². The molecule has 2 fully saturated rings. The summed E-state index contributed by atoms with van der Waals surface area (Å²) in [6.45, 7) is 8.57. The molecule has 166 valence electrons. The molecule has 1 aliphatic carbocycles. The van der Waals surface area contributed by atoms with Crippen molar-refractivity contribution in [2.75, 3.05) is 6.54 Å². The fourth-order valence-corrected chi connectivity index (χ4v) is 5.86. The third-order valence-electron chi connectivity index (χ3n) is 8.34. The second-order valence-corrected chi connectivity index (χ2v) is 10.6. The Bertz CT molecular complexity index is 347. The molecule has 0 aromatic heterocycles. The number of hydrogen-bond acceptors (Lipinski definition) is 1. The second-order valence-electron chi connectivity index (χ2n) is 10.6. The molecular weight excluding hydrogens is 338 g/mol. The Labute approximate surface area is 178 Å². The van der Waals surface area contributed by atoms with Gasteiger partial charge in [-0.2, -0.15) is 0 Å². The van der Waals surface area contributed by atoms with Gasteiger partial charge < -0.3 is 5.32 Å². The van der Waals surface area contributed by atoms with E-state index >= 15 is 0 Å². The van der Waals surface area contributed by atoms with Gasteiger partial charge in [0.05, 0.1) is 0 Å². The maximum Gasteiger partial charge on any atom is 0.00953 e. The largest absolute Gasteiger partial charge is 0.314 e. The third kappa shape index (κ3) is 9.64. The molecule has 0 radical (unpaired) electrons. The molecule has 1 saturated carbocycles. The Balaban J connectivity index is 1.54. The zero-order valence-electron chi connectivity index (χ0n) is 19.8. The van der Waals surface area contributed by atoms with E-state index < -0.39 is 0 Å². The van der Waals surface area contributed by atoms with Crippen molar-refractivity contribution in [3.63, 3.8) is 0 Å². The standard InChI is InChI=1S/C27H53N/c1-4-23(2)15-11-7-5-8-12-16-24(3)25-18-20-26(21-19-25)27-17-13-9-6-10-14-22-28-27/h23-28H,4-22H2,1-3H3. The summed E-state index contributed by atoms with van der Waals surface area (Å²) >= 11 is 0. The second kappa shape index (κ2) is 14.9. The summed E-state index contributed by atoms with van der Waals surface area (Å²) < 4.78 is 0. The number of rotatable bonds is 11. The lowest BCUT2D eigenvalue weighted by Gasteiger charge is -2.37. The molecule has 3 unspecified atom stereocenters. The summed E-state index contributed by atoms with van der Waals surface area (Å²) in [6.07, 6.45) is 26.4. The molecule has 2 rings (SSSR count). The minimum Gasteiger partial charge on any atom is -0.314 e. The molecular formula is C27H53N. The zero-order chi connectivity index (χ0) is 20.0. The quantitative estimate of drug-likeness (QED) is 0.348. The Morgan fingerprint density at radius 1 is 0.714 bits per heavy atom. The Kier molecular flexibility index (Phi) is 12.9. The lowest BCUT2D eigenvalue weighted by Crippen LogP contribution is -2.39. The minimum atomic E-state index is 0.838. The first kappa shape index (κ1) is 24.2. The SMILES string of the molecule is CCC(C)CCCCCCCC(C)C1CCC(C2CCCCCCCN2)CC1. The predicted molar refractivity (Wildman–Crippen MR) is 126 cm³/mol. The van der Waals surface area contributed by atoms with Gasteiger partial charge >= 0.3 is 0 Å². The van der Waals surface area contributed by atoms with Gasteiger partial charge in [0, 0.05) is 6.04 Å². The first-order valence-electron chi connectivity index (χ1n) is 13.4. The Hall–Kier alpha value is -0.0400. The van der Waals surface area contributed by atoms with E-state index in [0.717, 1.165) is 29.7 Å². The van der Waals surface area contributed by atoms with E-state index in [2.05, 4.69) is 26.1 Å². The summed E-state index contributed by atoms with van der Waals surface area (Å²) in [5.41, 5.74) is 0. The van der Waals surface area contributed by atoms with Gasteiger partial charge in [0.15, 0.2) is 0 Å². The van der Waals surface area contributed by atoms with Crippen LogP contribution < -0.4 is 5.32 Å². The highest BCUT2D eigenvalue weighted by Gasteiger charge is 2.29. The average molecular weight is 392 g/mol. The Morgan fingerprint density at radius 2 is 1.36 bits per heavy atom. The summed E-state index contributed by atoms with van der Waals surface area (Å²) in [7, 11) is 0. The van der Waals surface area contributed by atoms with E-state index in [9.17, 15) is 0 Å². The summed E-state index contributed by atoms with van der Waals surface area (Å²) in [4.78, 5) is 0. The summed E-state index contributed by atoms with van der Waals surface area (Å²) in [5.74, 6) is 3.91. The van der Waals surface area contributed by atoms with Gasteiger partial charge in [-0.25, -0.2) is 0 Å². The van der Waals surface area contributed by atoms with Gasteiger partial charge in [0.2, 0.25) is 0 Å². The van der Waals surface area contributed by atoms with E-state index in [4.69, 9.17) is 0 Å². The Morgan fingerprint density at radius 3 is 2.11 bits per heavy atom. The van der Waals surface area contributed by atoms with Crippen LogP contribution in [0, 0.1) is 23.7 Å². The van der Waals surface area contributed by atoms with E-state index in [-0.39, 0.29) is 0 Å². The van der Waals surface area contributed by atoms with Gasteiger partial charge in [-0.05, 0) is 68.7 Å². The number of unbranched alkanes of at least 4 members (excludes halogenated alkanes) is 4. The van der Waals surface area contributed by atoms with Crippen molar-refractivity contribution >= 4 is 0 Å². The van der Waals surface area contributed by atoms with Gasteiger partial charge in [-0.3, -0.25) is 0 Å². The van der Waals surface area contributed by atoms with Gasteiger partial charge in [0.25, 0.3) is 0 Å². The molecule has 0 spiro atoms. The maximum absolute atomic E-state index is 3.94. The average Bonchev–Trinajstić information content (AvgIpc) is 2.86. The molecule has 1 nitrogen and oxygen atoms in total. The number of hydrogen-bond donors (Lipinski definition) is 1. The van der Waals surface area contributed by atoms with Crippen LogP contribution in [-0.2, 0) is 0 Å². The molecule has 28 heavy (non-hydrogen) atoms. The van der Waals surface area contributed by atoms with Gasteiger partial charge in [-0.15, -0.1) is 0 Å². The van der Waals surface area contributed by atoms with Crippen molar-refractivity contribution in [1.82, 2.24) is 5.32 Å². The van der Waals surface area contributed by atoms with Crippen molar-refractivity contribution in [2.24, 2.45) is 23.7 Å². The van der Waals surface area contributed by atoms with Gasteiger partial charge in [0.1, 0.15) is 0 Å². The van der Waals surface area contributed by atoms with Crippen LogP contribution in [0.1, 0.15) is 136 Å². The van der Waals surface area contributed by atoms with Crippen LogP contribution in [0.4, 0.5) is 0 Å². The number of nitrogens with one attached hydrogen (secondary N) is 1. The van der Waals surface area contributed by atoms with Crippen molar-refractivity contribution in [3.05, 3.63) is 0 Å². The molecule has 0 aromatic carbocycles. The fourth-order valence-electron chi connectivity index (χ4n) is 5.86. The molecule has 1 heterocycles. The van der Waals surface area contributed by atoms with E-state index in [1.54, 1.807) is 0 Å². The monoisotopic (exact) mass is 391 g/mol. The molecule has 0 aromatic rings. The van der Waals surface area contributed by atoms with E-state index in [0.29, 0.717) is 0 Å². The van der Waals surface area contributed by atoms with Crippen molar-refractivity contribution in [3.8, 4) is 0 Å². The van der Waals surface area contributed by atoms with Crippen LogP contribution in [0.2, 0.25) is 0 Å². The van der Waals surface area contributed by atoms with E-state index in [1.165, 1.54) is 122 Å². The lowest BCUT2D eigenvalue weighted by atomic mass is 9.72. The van der Waals surface area contributed by atoms with Gasteiger partial charge in [-0.1, -0.05) is 97.8 Å². The van der Waals surface area contributed by atoms with Crippen molar-refractivity contribution in [1.29, 1.82) is 0 Å². The van der Waals surface area contributed by atoms with Crippen LogP contribution in [0.15, 0.2) is 0 Å². The molecule has 0 bridgehead atoms. The normalized spacial score (nSPS) is 29.5. The third-order valence-corrected chi connectivity index (χ3v) is 8.34. The molecule has 0 amide bonds. The summed E-state index contributed by atoms with van der Waals surface area (Å²) in [5, 5.41) is 3.94. The molecule has 1 aliphatic heterocycles. The van der Waals surface area contributed by atoms with Crippen molar-refractivity contribution < 1.29 is 0 Å². The highest BCUT2D eigenvalue weighted by molar-refractivity contribution is 4.84. The van der Waals surface area contributed by atoms with Crippen LogP contribution in [0.3, 0.4) is 0 Å². The zero-order valence-corrected chi connectivity index (χ0v) is 19.8. The highest BCUT2D eigenvalue weighted by Crippen LogP contribution is 2.37. The molecule has 2 aliphatic rings. The molecule has 1 saturated heterocycles. The topological polar surface area (TPSA) is 12.0 Å². The summed E-state index contributed by atoms with van der Waals surface area (Å²) in [6, 6.07) is 0.838. The first-order chi connectivity index (χ1) is 13.7. The van der Waals surface area contributed by atoms with Crippen LogP contribution >= 0.6 is 0 Å². The fraction of sp³-hybridized carbons (Fsp3) is 1.00. The van der Waals surface area contributed by atoms with Crippen molar-refractivity contribution in [2.45, 2.75) is 142 Å². The molecule has 1 heteroatoms. The van der Waals surface area contributed by atoms with Crippen LogP contribution in [0.5, 0.6) is 0 Å². The molecule has 1 N–H and O–H groups in total. The smallest absolute Gasteiger partial charge is 0.00953 e.